The van der Waals surface area contributed by atoms with E-state index in [0.29, 0.717) is 18.2 Å². The first kappa shape index (κ1) is 15.3. The van der Waals surface area contributed by atoms with Gasteiger partial charge in [0.1, 0.15) is 0 Å². The van der Waals surface area contributed by atoms with Crippen molar-refractivity contribution < 1.29 is 4.79 Å². The molecule has 1 aliphatic carbocycles. The van der Waals surface area contributed by atoms with E-state index in [-0.39, 0.29) is 5.41 Å². The van der Waals surface area contributed by atoms with E-state index in [1.54, 1.807) is 0 Å². The van der Waals surface area contributed by atoms with Gasteiger partial charge in [0, 0.05) is 29.9 Å². The Morgan fingerprint density at radius 2 is 2.00 bits per heavy atom. The fourth-order valence-electron chi connectivity index (χ4n) is 3.38. The van der Waals surface area contributed by atoms with Gasteiger partial charge in [-0.1, -0.05) is 46.5 Å². The predicted molar refractivity (Wildman–Crippen MR) is 84.3 cm³/mol. The molecule has 1 aromatic heterocycles. The minimum absolute atomic E-state index is 0.113. The van der Waals surface area contributed by atoms with Crippen molar-refractivity contribution in [1.82, 2.24) is 4.57 Å². The first-order valence-corrected chi connectivity index (χ1v) is 8.17. The Morgan fingerprint density at radius 3 is 2.70 bits per heavy atom. The lowest BCUT2D eigenvalue weighted by Crippen LogP contribution is -2.28. The summed E-state index contributed by atoms with van der Waals surface area (Å²) in [4.78, 5) is 12.2. The molecule has 1 unspecified atom stereocenters. The molecule has 112 valence electrons. The molecule has 2 nitrogen and oxygen atoms in total. The molecule has 20 heavy (non-hydrogen) atoms. The van der Waals surface area contributed by atoms with Gasteiger partial charge in [-0.05, 0) is 31.2 Å². The Balaban J connectivity index is 2.08. The third-order valence-corrected chi connectivity index (χ3v) is 4.56. The molecular formula is C18H29NO. The van der Waals surface area contributed by atoms with Crippen LogP contribution in [0.2, 0.25) is 0 Å². The summed E-state index contributed by atoms with van der Waals surface area (Å²) in [5, 5.41) is 0. The molecule has 0 radical (unpaired) electrons. The number of fused-ring (bicyclic) bond motifs is 1. The van der Waals surface area contributed by atoms with Crippen molar-refractivity contribution >= 4 is 5.78 Å². The van der Waals surface area contributed by atoms with Crippen molar-refractivity contribution in [3.05, 3.63) is 23.5 Å². The Hall–Kier alpha value is -1.05. The second kappa shape index (κ2) is 6.15. The normalized spacial score (nSPS) is 18.9. The molecule has 0 saturated heterocycles. The van der Waals surface area contributed by atoms with Gasteiger partial charge >= 0.3 is 0 Å². The molecule has 0 fully saturated rings. The number of carbonyl (C=O) groups is 1. The number of unbranched alkanes of at least 4 members (excludes halogenated alkanes) is 3. The van der Waals surface area contributed by atoms with Crippen molar-refractivity contribution in [2.45, 2.75) is 78.7 Å². The summed E-state index contributed by atoms with van der Waals surface area (Å²) in [6.07, 6.45) is 10.3. The number of hydrogen-bond donors (Lipinski definition) is 0. The average Bonchev–Trinajstić information content (AvgIpc) is 2.76. The molecule has 0 aromatic carbocycles. The molecular weight excluding hydrogens is 246 g/mol. The van der Waals surface area contributed by atoms with E-state index < -0.39 is 0 Å². The molecule has 2 rings (SSSR count). The lowest BCUT2D eigenvalue weighted by Gasteiger charge is -2.31. The molecule has 1 atom stereocenters. The van der Waals surface area contributed by atoms with Gasteiger partial charge in [-0.15, -0.1) is 0 Å². The van der Waals surface area contributed by atoms with Crippen LogP contribution in [0, 0.1) is 5.41 Å². The fraction of sp³-hybridized carbons (Fsp3) is 0.722. The van der Waals surface area contributed by atoms with Gasteiger partial charge < -0.3 is 4.57 Å². The monoisotopic (exact) mass is 275 g/mol. The summed E-state index contributed by atoms with van der Waals surface area (Å²) < 4.78 is 2.36. The second-order valence-corrected chi connectivity index (χ2v) is 7.22. The Kier molecular flexibility index (Phi) is 4.72. The van der Waals surface area contributed by atoms with Gasteiger partial charge in [0.25, 0.3) is 0 Å². The SMILES string of the molecule is CCCCCCC(C)n1ccc2c1CC(C)(C)CC2=O. The quantitative estimate of drug-likeness (QED) is 0.656. The highest BCUT2D eigenvalue weighted by Gasteiger charge is 2.33. The number of aromatic nitrogens is 1. The Morgan fingerprint density at radius 1 is 1.25 bits per heavy atom. The van der Waals surface area contributed by atoms with Crippen LogP contribution in [0.25, 0.3) is 0 Å². The lowest BCUT2D eigenvalue weighted by atomic mass is 9.76. The highest BCUT2D eigenvalue weighted by molar-refractivity contribution is 5.98. The number of rotatable bonds is 6. The minimum atomic E-state index is 0.113. The van der Waals surface area contributed by atoms with Crippen molar-refractivity contribution in [3.8, 4) is 0 Å². The number of nitrogens with zero attached hydrogens (tertiary/aromatic N) is 1. The first-order chi connectivity index (χ1) is 9.44. The minimum Gasteiger partial charge on any atom is -0.348 e. The van der Waals surface area contributed by atoms with Crippen molar-refractivity contribution in [2.24, 2.45) is 5.41 Å². The van der Waals surface area contributed by atoms with Crippen molar-refractivity contribution in [1.29, 1.82) is 0 Å². The van der Waals surface area contributed by atoms with Crippen LogP contribution in [0.15, 0.2) is 12.3 Å². The number of Topliss-reactive ketones (excluding diaryl/α,β-unsaturated/α-hetero) is 1. The Bertz CT molecular complexity index is 470. The van der Waals surface area contributed by atoms with Crippen LogP contribution in [-0.2, 0) is 6.42 Å². The highest BCUT2D eigenvalue weighted by Crippen LogP contribution is 2.36. The summed E-state index contributed by atoms with van der Waals surface area (Å²) >= 11 is 0. The van der Waals surface area contributed by atoms with Crippen LogP contribution in [0.3, 0.4) is 0 Å². The van der Waals surface area contributed by atoms with Crippen LogP contribution in [-0.4, -0.2) is 10.4 Å². The van der Waals surface area contributed by atoms with Gasteiger partial charge in [0.15, 0.2) is 5.78 Å². The van der Waals surface area contributed by atoms with Gasteiger partial charge in [-0.25, -0.2) is 0 Å². The molecule has 0 spiro atoms. The van der Waals surface area contributed by atoms with Crippen molar-refractivity contribution in [3.63, 3.8) is 0 Å². The van der Waals surface area contributed by atoms with Crippen LogP contribution in [0.5, 0.6) is 0 Å². The lowest BCUT2D eigenvalue weighted by molar-refractivity contribution is 0.0909. The van der Waals surface area contributed by atoms with E-state index in [2.05, 4.69) is 38.5 Å². The molecule has 0 amide bonds. The standard InChI is InChI=1S/C18H29NO/c1-5-6-7-8-9-14(2)19-11-10-15-16(19)12-18(3,4)13-17(15)20/h10-11,14H,5-9,12-13H2,1-4H3. The summed E-state index contributed by atoms with van der Waals surface area (Å²) in [5.74, 6) is 0.327. The molecule has 0 aliphatic heterocycles. The topological polar surface area (TPSA) is 22.0 Å². The highest BCUT2D eigenvalue weighted by atomic mass is 16.1. The van der Waals surface area contributed by atoms with Gasteiger partial charge in [0.05, 0.1) is 0 Å². The zero-order valence-corrected chi connectivity index (χ0v) is 13.5. The van der Waals surface area contributed by atoms with E-state index in [4.69, 9.17) is 0 Å². The zero-order valence-electron chi connectivity index (χ0n) is 13.5. The van der Waals surface area contributed by atoms with E-state index in [9.17, 15) is 4.79 Å². The van der Waals surface area contributed by atoms with Crippen LogP contribution >= 0.6 is 0 Å². The van der Waals surface area contributed by atoms with Crippen LogP contribution < -0.4 is 0 Å². The summed E-state index contributed by atoms with van der Waals surface area (Å²) in [6, 6.07) is 2.55. The number of hydrogen-bond acceptors (Lipinski definition) is 1. The second-order valence-electron chi connectivity index (χ2n) is 7.22. The maximum absolute atomic E-state index is 12.2. The molecule has 1 aliphatic rings. The first-order valence-electron chi connectivity index (χ1n) is 8.17. The van der Waals surface area contributed by atoms with Crippen molar-refractivity contribution in [2.75, 3.05) is 0 Å². The number of carbonyl (C=O) groups excluding carboxylic acids is 1. The summed E-state index contributed by atoms with van der Waals surface area (Å²) in [6.45, 7) is 8.95. The zero-order chi connectivity index (χ0) is 14.8. The molecule has 0 saturated carbocycles. The van der Waals surface area contributed by atoms with E-state index in [1.807, 2.05) is 6.07 Å². The molecule has 1 aromatic rings. The predicted octanol–water partition coefficient (Wildman–Crippen LogP) is 5.17. The van der Waals surface area contributed by atoms with E-state index >= 15 is 0 Å². The third-order valence-electron chi connectivity index (χ3n) is 4.56. The third kappa shape index (κ3) is 3.34. The smallest absolute Gasteiger partial charge is 0.165 e. The van der Waals surface area contributed by atoms with Crippen LogP contribution in [0.1, 0.15) is 88.3 Å². The fourth-order valence-corrected chi connectivity index (χ4v) is 3.38. The number of ketones is 1. The average molecular weight is 275 g/mol. The van der Waals surface area contributed by atoms with E-state index in [1.165, 1.54) is 37.8 Å². The van der Waals surface area contributed by atoms with Gasteiger partial charge in [-0.3, -0.25) is 4.79 Å². The molecule has 1 heterocycles. The van der Waals surface area contributed by atoms with Gasteiger partial charge in [0.2, 0.25) is 0 Å². The maximum atomic E-state index is 12.2. The van der Waals surface area contributed by atoms with E-state index in [0.717, 1.165) is 12.0 Å². The molecule has 0 N–H and O–H groups in total. The molecule has 0 bridgehead atoms. The molecule has 2 heteroatoms. The maximum Gasteiger partial charge on any atom is 0.165 e. The van der Waals surface area contributed by atoms with Gasteiger partial charge in [-0.2, -0.15) is 0 Å². The summed E-state index contributed by atoms with van der Waals surface area (Å²) in [5.41, 5.74) is 2.36. The van der Waals surface area contributed by atoms with Crippen LogP contribution in [0.4, 0.5) is 0 Å². The largest absolute Gasteiger partial charge is 0.348 e. The Labute approximate surface area is 123 Å². The summed E-state index contributed by atoms with van der Waals surface area (Å²) in [7, 11) is 0.